The van der Waals surface area contributed by atoms with Crippen LogP contribution < -0.4 is 10.1 Å². The van der Waals surface area contributed by atoms with E-state index in [2.05, 4.69) is 19.2 Å². The van der Waals surface area contributed by atoms with Gasteiger partial charge in [-0.25, -0.2) is 4.39 Å². The molecular weight excluding hydrogens is 229 g/mol. The van der Waals surface area contributed by atoms with Gasteiger partial charge in [-0.1, -0.05) is 19.9 Å². The molecule has 0 amide bonds. The van der Waals surface area contributed by atoms with E-state index in [9.17, 15) is 4.39 Å². The first-order chi connectivity index (χ1) is 8.53. The lowest BCUT2D eigenvalue weighted by Gasteiger charge is -2.26. The summed E-state index contributed by atoms with van der Waals surface area (Å²) in [6.45, 7) is 7.50. The van der Waals surface area contributed by atoms with Crippen molar-refractivity contribution in [3.8, 4) is 5.75 Å². The van der Waals surface area contributed by atoms with E-state index in [-0.39, 0.29) is 11.2 Å². The van der Waals surface area contributed by atoms with Crippen LogP contribution in [0.5, 0.6) is 5.75 Å². The Kier molecular flexibility index (Phi) is 3.91. The van der Waals surface area contributed by atoms with Gasteiger partial charge in [-0.05, 0) is 37.5 Å². The molecule has 0 saturated heterocycles. The fraction of sp³-hybridized carbons (Fsp3) is 0.600. The largest absolute Gasteiger partial charge is 0.491 e. The molecule has 0 radical (unpaired) electrons. The number of hydrogen-bond acceptors (Lipinski definition) is 2. The molecule has 1 aromatic rings. The zero-order chi connectivity index (χ0) is 13.2. The maximum absolute atomic E-state index is 13.8. The average molecular weight is 251 g/mol. The second-order valence-corrected chi connectivity index (χ2v) is 5.62. The third-order valence-electron chi connectivity index (χ3n) is 3.42. The summed E-state index contributed by atoms with van der Waals surface area (Å²) in [6, 6.07) is 5.96. The van der Waals surface area contributed by atoms with Crippen LogP contribution in [-0.4, -0.2) is 19.2 Å². The van der Waals surface area contributed by atoms with Gasteiger partial charge in [0, 0.05) is 18.0 Å². The summed E-state index contributed by atoms with van der Waals surface area (Å²) in [4.78, 5) is 0. The Morgan fingerprint density at radius 3 is 2.67 bits per heavy atom. The lowest BCUT2D eigenvalue weighted by atomic mass is 9.84. The van der Waals surface area contributed by atoms with Crippen LogP contribution in [0.25, 0.3) is 0 Å². The van der Waals surface area contributed by atoms with Crippen LogP contribution in [-0.2, 0) is 5.41 Å². The SMILES string of the molecule is CCOc1ccc(C(C)(C)CNC2CC2)cc1F. The Morgan fingerprint density at radius 2 is 2.11 bits per heavy atom. The highest BCUT2D eigenvalue weighted by Gasteiger charge is 2.27. The van der Waals surface area contributed by atoms with Gasteiger partial charge in [0.15, 0.2) is 11.6 Å². The molecule has 1 saturated carbocycles. The van der Waals surface area contributed by atoms with Gasteiger partial charge in [0.25, 0.3) is 0 Å². The van der Waals surface area contributed by atoms with Crippen LogP contribution >= 0.6 is 0 Å². The molecule has 18 heavy (non-hydrogen) atoms. The van der Waals surface area contributed by atoms with Gasteiger partial charge in [-0.15, -0.1) is 0 Å². The first kappa shape index (κ1) is 13.3. The van der Waals surface area contributed by atoms with E-state index in [1.54, 1.807) is 12.1 Å². The summed E-state index contributed by atoms with van der Waals surface area (Å²) in [5, 5.41) is 3.50. The van der Waals surface area contributed by atoms with Gasteiger partial charge in [0.05, 0.1) is 6.61 Å². The van der Waals surface area contributed by atoms with E-state index in [0.29, 0.717) is 18.4 Å². The number of benzene rings is 1. The Balaban J connectivity index is 2.08. The predicted octanol–water partition coefficient (Wildman–Crippen LogP) is 3.25. The maximum Gasteiger partial charge on any atom is 0.165 e. The highest BCUT2D eigenvalue weighted by molar-refractivity contribution is 5.33. The van der Waals surface area contributed by atoms with Crippen molar-refractivity contribution in [3.05, 3.63) is 29.6 Å². The molecule has 1 N–H and O–H groups in total. The number of ether oxygens (including phenoxy) is 1. The molecule has 1 aliphatic carbocycles. The molecule has 3 heteroatoms. The zero-order valence-electron chi connectivity index (χ0n) is 11.4. The van der Waals surface area contributed by atoms with Crippen molar-refractivity contribution in [2.45, 2.75) is 45.1 Å². The van der Waals surface area contributed by atoms with Crippen molar-refractivity contribution in [2.75, 3.05) is 13.2 Å². The van der Waals surface area contributed by atoms with Gasteiger partial charge in [-0.2, -0.15) is 0 Å². The lowest BCUT2D eigenvalue weighted by molar-refractivity contribution is 0.320. The standard InChI is InChI=1S/C15H22FNO/c1-4-18-14-8-5-11(9-13(14)16)15(2,3)10-17-12-6-7-12/h5,8-9,12,17H,4,6-7,10H2,1-3H3. The molecule has 0 aromatic heterocycles. The third-order valence-corrected chi connectivity index (χ3v) is 3.42. The van der Waals surface area contributed by atoms with E-state index in [1.807, 2.05) is 13.0 Å². The van der Waals surface area contributed by atoms with Crippen molar-refractivity contribution in [3.63, 3.8) is 0 Å². The molecule has 0 aliphatic heterocycles. The van der Waals surface area contributed by atoms with Crippen LogP contribution in [0.3, 0.4) is 0 Å². The number of nitrogens with one attached hydrogen (secondary N) is 1. The van der Waals surface area contributed by atoms with Crippen LogP contribution in [0.4, 0.5) is 4.39 Å². The zero-order valence-corrected chi connectivity index (χ0v) is 11.4. The third kappa shape index (κ3) is 3.22. The van der Waals surface area contributed by atoms with E-state index in [0.717, 1.165) is 12.1 Å². The van der Waals surface area contributed by atoms with Crippen LogP contribution in [0, 0.1) is 5.82 Å². The molecule has 100 valence electrons. The second kappa shape index (κ2) is 5.27. The molecule has 0 bridgehead atoms. The first-order valence-electron chi connectivity index (χ1n) is 6.69. The van der Waals surface area contributed by atoms with Gasteiger partial charge >= 0.3 is 0 Å². The number of rotatable bonds is 6. The Hall–Kier alpha value is -1.09. The van der Waals surface area contributed by atoms with Crippen LogP contribution in [0.15, 0.2) is 18.2 Å². The second-order valence-electron chi connectivity index (χ2n) is 5.62. The van der Waals surface area contributed by atoms with Crippen molar-refractivity contribution in [1.29, 1.82) is 0 Å². The van der Waals surface area contributed by atoms with E-state index < -0.39 is 0 Å². The highest BCUT2D eigenvalue weighted by atomic mass is 19.1. The van der Waals surface area contributed by atoms with E-state index in [4.69, 9.17) is 4.74 Å². The molecule has 0 spiro atoms. The summed E-state index contributed by atoms with van der Waals surface area (Å²) >= 11 is 0. The molecule has 0 unspecified atom stereocenters. The summed E-state index contributed by atoms with van der Waals surface area (Å²) in [5.41, 5.74) is 0.949. The number of hydrogen-bond donors (Lipinski definition) is 1. The minimum Gasteiger partial charge on any atom is -0.491 e. The Labute approximate surface area is 109 Å². The van der Waals surface area contributed by atoms with E-state index >= 15 is 0 Å². The van der Waals surface area contributed by atoms with Gasteiger partial charge in [0.1, 0.15) is 0 Å². The Bertz CT molecular complexity index is 413. The van der Waals surface area contributed by atoms with Crippen molar-refractivity contribution in [1.82, 2.24) is 5.32 Å². The molecular formula is C15H22FNO. The summed E-state index contributed by atoms with van der Waals surface area (Å²) in [6.07, 6.45) is 2.54. The highest BCUT2D eigenvalue weighted by Crippen LogP contribution is 2.28. The summed E-state index contributed by atoms with van der Waals surface area (Å²) in [5.74, 6) is 0.0704. The summed E-state index contributed by atoms with van der Waals surface area (Å²) < 4.78 is 19.1. The van der Waals surface area contributed by atoms with Crippen molar-refractivity contribution in [2.24, 2.45) is 0 Å². The molecule has 1 fully saturated rings. The Morgan fingerprint density at radius 1 is 1.39 bits per heavy atom. The molecule has 2 nitrogen and oxygen atoms in total. The summed E-state index contributed by atoms with van der Waals surface area (Å²) in [7, 11) is 0. The van der Waals surface area contributed by atoms with Crippen molar-refractivity contribution < 1.29 is 9.13 Å². The van der Waals surface area contributed by atoms with E-state index in [1.165, 1.54) is 12.8 Å². The normalized spacial score (nSPS) is 15.8. The van der Waals surface area contributed by atoms with Gasteiger partial charge < -0.3 is 10.1 Å². The first-order valence-corrected chi connectivity index (χ1v) is 6.69. The van der Waals surface area contributed by atoms with Crippen molar-refractivity contribution >= 4 is 0 Å². The fourth-order valence-electron chi connectivity index (χ4n) is 1.98. The maximum atomic E-state index is 13.8. The smallest absolute Gasteiger partial charge is 0.165 e. The molecule has 1 aromatic carbocycles. The lowest BCUT2D eigenvalue weighted by Crippen LogP contribution is -2.34. The number of halogens is 1. The minimum atomic E-state index is -0.270. The van der Waals surface area contributed by atoms with Crippen LogP contribution in [0.2, 0.25) is 0 Å². The van der Waals surface area contributed by atoms with Gasteiger partial charge in [0.2, 0.25) is 0 Å². The molecule has 2 rings (SSSR count). The van der Waals surface area contributed by atoms with Crippen LogP contribution in [0.1, 0.15) is 39.2 Å². The minimum absolute atomic E-state index is 0.0613. The molecule has 0 heterocycles. The quantitative estimate of drug-likeness (QED) is 0.838. The monoisotopic (exact) mass is 251 g/mol. The topological polar surface area (TPSA) is 21.3 Å². The van der Waals surface area contributed by atoms with Gasteiger partial charge in [-0.3, -0.25) is 0 Å². The predicted molar refractivity (Wildman–Crippen MR) is 71.6 cm³/mol. The average Bonchev–Trinajstić information content (AvgIpc) is 3.13. The fourth-order valence-corrected chi connectivity index (χ4v) is 1.98. The molecule has 0 atom stereocenters. The molecule has 1 aliphatic rings.